The second kappa shape index (κ2) is 2.85. The van der Waals surface area contributed by atoms with Gasteiger partial charge in [0.25, 0.3) is 0 Å². The van der Waals surface area contributed by atoms with Crippen molar-refractivity contribution in [2.75, 3.05) is 0 Å². The first kappa shape index (κ1) is 8.06. The van der Waals surface area contributed by atoms with E-state index in [9.17, 15) is 0 Å². The van der Waals surface area contributed by atoms with Gasteiger partial charge in [-0.3, -0.25) is 0 Å². The van der Waals surface area contributed by atoms with Crippen LogP contribution in [0.25, 0.3) is 17.4 Å². The van der Waals surface area contributed by atoms with Gasteiger partial charge in [-0.2, -0.15) is 0 Å². The van der Waals surface area contributed by atoms with Crippen LogP contribution in [-0.2, 0) is 6.42 Å². The Hall–Kier alpha value is -1.28. The van der Waals surface area contributed by atoms with Crippen molar-refractivity contribution in [3.8, 4) is 11.3 Å². The molecule has 2 aromatic rings. The molecule has 70 valence electrons. The Morgan fingerprint density at radius 3 is 3.07 bits per heavy atom. The predicted molar refractivity (Wildman–Crippen MR) is 59.5 cm³/mol. The van der Waals surface area contributed by atoms with Gasteiger partial charge in [-0.1, -0.05) is 12.2 Å². The third-order valence-corrected chi connectivity index (χ3v) is 3.53. The SMILES string of the molecule is Cc1ccc(-c2csc3c2C=CC3)o1. The van der Waals surface area contributed by atoms with Crippen LogP contribution in [0.3, 0.4) is 0 Å². The molecule has 0 fully saturated rings. The van der Waals surface area contributed by atoms with E-state index in [-0.39, 0.29) is 0 Å². The summed E-state index contributed by atoms with van der Waals surface area (Å²) < 4.78 is 5.63. The number of rotatable bonds is 1. The lowest BCUT2D eigenvalue weighted by atomic mass is 10.1. The van der Waals surface area contributed by atoms with E-state index < -0.39 is 0 Å². The van der Waals surface area contributed by atoms with Crippen molar-refractivity contribution in [1.29, 1.82) is 0 Å². The monoisotopic (exact) mass is 202 g/mol. The molecule has 2 heteroatoms. The molecule has 14 heavy (non-hydrogen) atoms. The second-order valence-electron chi connectivity index (χ2n) is 3.50. The second-order valence-corrected chi connectivity index (χ2v) is 4.47. The van der Waals surface area contributed by atoms with Gasteiger partial charge >= 0.3 is 0 Å². The molecule has 0 aromatic carbocycles. The van der Waals surface area contributed by atoms with Crippen molar-refractivity contribution in [1.82, 2.24) is 0 Å². The third-order valence-electron chi connectivity index (χ3n) is 2.50. The Bertz CT molecular complexity index is 502. The van der Waals surface area contributed by atoms with Gasteiger partial charge in [0, 0.05) is 22.2 Å². The van der Waals surface area contributed by atoms with Crippen LogP contribution in [0.1, 0.15) is 16.2 Å². The number of aryl methyl sites for hydroxylation is 1. The first-order valence-corrected chi connectivity index (χ1v) is 5.56. The van der Waals surface area contributed by atoms with Crippen LogP contribution in [0.15, 0.2) is 28.0 Å². The summed E-state index contributed by atoms with van der Waals surface area (Å²) >= 11 is 1.82. The first-order valence-electron chi connectivity index (χ1n) is 4.68. The van der Waals surface area contributed by atoms with E-state index in [0.717, 1.165) is 17.9 Å². The molecule has 1 nitrogen and oxygen atoms in total. The van der Waals surface area contributed by atoms with Crippen molar-refractivity contribution in [3.05, 3.63) is 39.8 Å². The number of thiophene rings is 1. The molecule has 2 heterocycles. The van der Waals surface area contributed by atoms with E-state index in [1.54, 1.807) is 0 Å². The fraction of sp³-hybridized carbons (Fsp3) is 0.167. The van der Waals surface area contributed by atoms with Gasteiger partial charge in [-0.15, -0.1) is 11.3 Å². The highest BCUT2D eigenvalue weighted by molar-refractivity contribution is 7.10. The average molecular weight is 202 g/mol. The molecule has 2 aromatic heterocycles. The van der Waals surface area contributed by atoms with Gasteiger partial charge in [0.1, 0.15) is 11.5 Å². The normalized spacial score (nSPS) is 13.5. The number of hydrogen-bond acceptors (Lipinski definition) is 2. The van der Waals surface area contributed by atoms with E-state index in [1.165, 1.54) is 16.0 Å². The van der Waals surface area contributed by atoms with Crippen LogP contribution in [0, 0.1) is 6.92 Å². The predicted octanol–water partition coefficient (Wildman–Crippen LogP) is 3.89. The fourth-order valence-corrected chi connectivity index (χ4v) is 2.80. The highest BCUT2D eigenvalue weighted by atomic mass is 32.1. The van der Waals surface area contributed by atoms with Crippen LogP contribution >= 0.6 is 11.3 Å². The van der Waals surface area contributed by atoms with Crippen molar-refractivity contribution in [3.63, 3.8) is 0 Å². The average Bonchev–Trinajstić information content (AvgIpc) is 2.77. The molecule has 0 amide bonds. The minimum Gasteiger partial charge on any atom is -0.461 e. The maximum Gasteiger partial charge on any atom is 0.135 e. The molecular weight excluding hydrogens is 192 g/mol. The molecule has 0 N–H and O–H groups in total. The maximum atomic E-state index is 5.63. The van der Waals surface area contributed by atoms with Crippen LogP contribution in [0.2, 0.25) is 0 Å². The van der Waals surface area contributed by atoms with Crippen molar-refractivity contribution >= 4 is 17.4 Å². The lowest BCUT2D eigenvalue weighted by Crippen LogP contribution is -1.74. The Kier molecular flexibility index (Phi) is 1.64. The molecule has 0 spiro atoms. The van der Waals surface area contributed by atoms with Crippen LogP contribution in [0.4, 0.5) is 0 Å². The molecule has 0 atom stereocenters. The quantitative estimate of drug-likeness (QED) is 0.683. The van der Waals surface area contributed by atoms with Crippen molar-refractivity contribution < 1.29 is 4.42 Å². The molecule has 1 aliphatic carbocycles. The van der Waals surface area contributed by atoms with E-state index in [2.05, 4.69) is 17.5 Å². The minimum atomic E-state index is 0.974. The van der Waals surface area contributed by atoms with Gasteiger partial charge in [0.2, 0.25) is 0 Å². The molecular formula is C12H10OS. The van der Waals surface area contributed by atoms with E-state index in [0.29, 0.717) is 0 Å². The molecule has 0 saturated carbocycles. The molecule has 0 unspecified atom stereocenters. The van der Waals surface area contributed by atoms with Crippen molar-refractivity contribution in [2.24, 2.45) is 0 Å². The molecule has 0 bridgehead atoms. The smallest absolute Gasteiger partial charge is 0.135 e. The standard InChI is InChI=1S/C12H10OS/c1-8-5-6-11(13-8)10-7-14-12-4-2-3-9(10)12/h2-3,5-7H,4H2,1H3. The zero-order chi connectivity index (χ0) is 9.54. The summed E-state index contributed by atoms with van der Waals surface area (Å²) in [6.07, 6.45) is 5.49. The van der Waals surface area contributed by atoms with Crippen LogP contribution < -0.4 is 0 Å². The van der Waals surface area contributed by atoms with Crippen LogP contribution in [-0.4, -0.2) is 0 Å². The molecule has 3 rings (SSSR count). The molecule has 0 aliphatic heterocycles. The van der Waals surface area contributed by atoms with Gasteiger partial charge in [-0.05, 0) is 24.6 Å². The number of fused-ring (bicyclic) bond motifs is 1. The summed E-state index contributed by atoms with van der Waals surface area (Å²) in [5.74, 6) is 1.97. The fourth-order valence-electron chi connectivity index (χ4n) is 1.80. The van der Waals surface area contributed by atoms with E-state index in [1.807, 2.05) is 30.4 Å². The molecule has 1 aliphatic rings. The number of furan rings is 1. The summed E-state index contributed by atoms with van der Waals surface area (Å²) in [7, 11) is 0. The summed E-state index contributed by atoms with van der Waals surface area (Å²) in [6.45, 7) is 1.98. The summed E-state index contributed by atoms with van der Waals surface area (Å²) in [5, 5.41) is 2.19. The maximum absolute atomic E-state index is 5.63. The van der Waals surface area contributed by atoms with Gasteiger partial charge < -0.3 is 4.42 Å². The topological polar surface area (TPSA) is 13.1 Å². The Morgan fingerprint density at radius 1 is 1.36 bits per heavy atom. The summed E-state index contributed by atoms with van der Waals surface area (Å²) in [6, 6.07) is 4.06. The largest absolute Gasteiger partial charge is 0.461 e. The number of hydrogen-bond donors (Lipinski definition) is 0. The van der Waals surface area contributed by atoms with Gasteiger partial charge in [0.05, 0.1) is 0 Å². The Labute approximate surface area is 86.7 Å². The van der Waals surface area contributed by atoms with Gasteiger partial charge in [-0.25, -0.2) is 0 Å². The summed E-state index contributed by atoms with van der Waals surface area (Å²) in [4.78, 5) is 1.45. The van der Waals surface area contributed by atoms with Crippen LogP contribution in [0.5, 0.6) is 0 Å². The number of allylic oxidation sites excluding steroid dienone is 1. The highest BCUT2D eigenvalue weighted by Gasteiger charge is 2.15. The Balaban J connectivity index is 2.17. The van der Waals surface area contributed by atoms with E-state index >= 15 is 0 Å². The van der Waals surface area contributed by atoms with Gasteiger partial charge in [0.15, 0.2) is 0 Å². The van der Waals surface area contributed by atoms with E-state index in [4.69, 9.17) is 4.42 Å². The summed E-state index contributed by atoms with van der Waals surface area (Å²) in [5.41, 5.74) is 2.59. The first-order chi connectivity index (χ1) is 6.84. The lowest BCUT2D eigenvalue weighted by molar-refractivity contribution is 0.548. The minimum absolute atomic E-state index is 0.974. The lowest BCUT2D eigenvalue weighted by Gasteiger charge is -1.94. The zero-order valence-corrected chi connectivity index (χ0v) is 8.73. The zero-order valence-electron chi connectivity index (χ0n) is 7.91. The molecule has 0 saturated heterocycles. The highest BCUT2D eigenvalue weighted by Crippen LogP contribution is 2.36. The van der Waals surface area contributed by atoms with Crippen molar-refractivity contribution in [2.45, 2.75) is 13.3 Å². The third kappa shape index (κ3) is 1.07. The molecule has 0 radical (unpaired) electrons. The Morgan fingerprint density at radius 2 is 2.29 bits per heavy atom.